The highest BCUT2D eigenvalue weighted by Crippen LogP contribution is 2.26. The Morgan fingerprint density at radius 3 is 2.38 bits per heavy atom. The molecule has 0 unspecified atom stereocenters. The van der Waals surface area contributed by atoms with Crippen LogP contribution in [-0.2, 0) is 16.6 Å². The molecular weight excluding hydrogens is 500 g/mol. The minimum atomic E-state index is -0.356. The van der Waals surface area contributed by atoms with Crippen molar-refractivity contribution in [3.05, 3.63) is 114 Å². The van der Waals surface area contributed by atoms with Crippen LogP contribution >= 0.6 is 0 Å². The average molecular weight is 533 g/mol. The van der Waals surface area contributed by atoms with Crippen LogP contribution in [0.25, 0.3) is 16.9 Å². The Morgan fingerprint density at radius 1 is 0.950 bits per heavy atom. The monoisotopic (exact) mass is 532 g/mol. The van der Waals surface area contributed by atoms with Gasteiger partial charge in [-0.3, -0.25) is 4.79 Å². The zero-order valence-corrected chi connectivity index (χ0v) is 23.1. The van der Waals surface area contributed by atoms with Crippen LogP contribution in [0.2, 0.25) is 0 Å². The lowest BCUT2D eigenvalue weighted by Crippen LogP contribution is -2.11. The Hall–Kier alpha value is -4.78. The summed E-state index contributed by atoms with van der Waals surface area (Å²) < 4.78 is 6.98. The number of imidazole rings is 1. The second-order valence-electron chi connectivity index (χ2n) is 10.7. The molecule has 1 N–H and O–H groups in total. The van der Waals surface area contributed by atoms with Crippen LogP contribution in [0.5, 0.6) is 0 Å². The first-order valence-corrected chi connectivity index (χ1v) is 13.3. The molecule has 40 heavy (non-hydrogen) atoms. The van der Waals surface area contributed by atoms with Gasteiger partial charge in [0.25, 0.3) is 0 Å². The van der Waals surface area contributed by atoms with Crippen molar-refractivity contribution in [2.75, 3.05) is 11.9 Å². The lowest BCUT2D eigenvalue weighted by molar-refractivity contribution is 0.0526. The first-order valence-electron chi connectivity index (χ1n) is 13.3. The number of ketones is 1. The van der Waals surface area contributed by atoms with Crippen molar-refractivity contribution >= 4 is 28.9 Å². The van der Waals surface area contributed by atoms with Gasteiger partial charge in [0.05, 0.1) is 17.9 Å². The minimum absolute atomic E-state index is 0.0407. The number of carbonyl (C=O) groups is 2. The summed E-state index contributed by atoms with van der Waals surface area (Å²) in [7, 11) is 0. The summed E-state index contributed by atoms with van der Waals surface area (Å²) in [4.78, 5) is 34.4. The van der Waals surface area contributed by atoms with Gasteiger partial charge in [0.2, 0.25) is 0 Å². The number of anilines is 2. The van der Waals surface area contributed by atoms with Crippen molar-refractivity contribution in [3.63, 3.8) is 0 Å². The van der Waals surface area contributed by atoms with Crippen molar-refractivity contribution in [2.24, 2.45) is 0 Å². The topological polar surface area (TPSA) is 85.6 Å². The predicted molar refractivity (Wildman–Crippen MR) is 157 cm³/mol. The van der Waals surface area contributed by atoms with Crippen LogP contribution in [0, 0.1) is 0 Å². The van der Waals surface area contributed by atoms with Gasteiger partial charge in [-0.2, -0.15) is 0 Å². The maximum Gasteiger partial charge on any atom is 0.338 e. The van der Waals surface area contributed by atoms with Crippen molar-refractivity contribution in [1.29, 1.82) is 0 Å². The van der Waals surface area contributed by atoms with E-state index in [9.17, 15) is 9.59 Å². The molecule has 7 heteroatoms. The van der Waals surface area contributed by atoms with Gasteiger partial charge in [0.1, 0.15) is 0 Å². The molecule has 0 aliphatic carbocycles. The number of nitrogens with one attached hydrogen (secondary N) is 1. The quantitative estimate of drug-likeness (QED) is 0.170. The standard InChI is InChI=1S/C33H32N4O3/c1-5-40-32(39)24-11-15-27(16-12-24)35-30-31-34-17-18-37(31)21-28(36-30)25-8-6-7-22(19-25)20-29(38)23-9-13-26(14-10-23)33(2,3)4/h6-19,21H,5,20H2,1-4H3,(H,35,36). The number of nitrogens with zero attached hydrogens (tertiary/aromatic N) is 3. The molecule has 0 bridgehead atoms. The molecule has 0 aliphatic rings. The molecule has 0 saturated carbocycles. The fourth-order valence-electron chi connectivity index (χ4n) is 4.48. The number of hydrogen-bond acceptors (Lipinski definition) is 6. The SMILES string of the molecule is CCOC(=O)c1ccc(Nc2nc(-c3cccc(CC(=O)c4ccc(C(C)(C)C)cc4)c3)cn3ccnc23)cc1. The molecule has 0 radical (unpaired) electrons. The van der Waals surface area contributed by atoms with E-state index in [4.69, 9.17) is 9.72 Å². The van der Waals surface area contributed by atoms with Gasteiger partial charge in [0.15, 0.2) is 17.2 Å². The Bertz CT molecular complexity index is 1660. The van der Waals surface area contributed by atoms with Gasteiger partial charge in [-0.15, -0.1) is 0 Å². The summed E-state index contributed by atoms with van der Waals surface area (Å²) in [5, 5.41) is 3.32. The normalized spacial score (nSPS) is 11.4. The number of rotatable bonds is 8. The average Bonchev–Trinajstić information content (AvgIpc) is 3.43. The molecular formula is C33H32N4O3. The zero-order valence-electron chi connectivity index (χ0n) is 23.1. The summed E-state index contributed by atoms with van der Waals surface area (Å²) >= 11 is 0. The summed E-state index contributed by atoms with van der Waals surface area (Å²) in [6, 6.07) is 22.8. The van der Waals surface area contributed by atoms with Gasteiger partial charge in [-0.1, -0.05) is 63.2 Å². The lowest BCUT2D eigenvalue weighted by Gasteiger charge is -2.19. The summed E-state index contributed by atoms with van der Waals surface area (Å²) in [6.07, 6.45) is 5.80. The maximum absolute atomic E-state index is 13.1. The number of fused-ring (bicyclic) bond motifs is 1. The molecule has 3 aromatic carbocycles. The second-order valence-corrected chi connectivity index (χ2v) is 10.7. The molecule has 0 fully saturated rings. The number of benzene rings is 3. The highest BCUT2D eigenvalue weighted by molar-refractivity contribution is 5.97. The molecule has 7 nitrogen and oxygen atoms in total. The third-order valence-electron chi connectivity index (χ3n) is 6.69. The summed E-state index contributed by atoms with van der Waals surface area (Å²) in [5.41, 5.74) is 6.41. The Labute approximate surface area is 233 Å². The predicted octanol–water partition coefficient (Wildman–Crippen LogP) is 7.04. The van der Waals surface area contributed by atoms with Crippen LogP contribution in [0.4, 0.5) is 11.5 Å². The third kappa shape index (κ3) is 5.94. The summed E-state index contributed by atoms with van der Waals surface area (Å²) in [6.45, 7) is 8.59. The molecule has 0 spiro atoms. The second kappa shape index (κ2) is 11.1. The lowest BCUT2D eigenvalue weighted by atomic mass is 9.86. The van der Waals surface area contributed by atoms with E-state index in [1.165, 1.54) is 5.56 Å². The van der Waals surface area contributed by atoms with Crippen LogP contribution in [0.1, 0.15) is 59.5 Å². The number of Topliss-reactive ketones (excluding diaryl/α,β-unsaturated/α-hetero) is 1. The van der Waals surface area contributed by atoms with E-state index in [1.807, 2.05) is 65.3 Å². The Kier molecular flexibility index (Phi) is 7.47. The van der Waals surface area contributed by atoms with Gasteiger partial charge >= 0.3 is 5.97 Å². The van der Waals surface area contributed by atoms with E-state index in [2.05, 4.69) is 31.1 Å². The molecule has 2 heterocycles. The fourth-order valence-corrected chi connectivity index (χ4v) is 4.48. The molecule has 0 aliphatic heterocycles. The van der Waals surface area contributed by atoms with E-state index in [-0.39, 0.29) is 17.2 Å². The first kappa shape index (κ1) is 26.8. The first-order chi connectivity index (χ1) is 19.2. The fraction of sp³-hybridized carbons (Fsp3) is 0.212. The third-order valence-corrected chi connectivity index (χ3v) is 6.69. The van der Waals surface area contributed by atoms with E-state index >= 15 is 0 Å². The number of hydrogen-bond donors (Lipinski definition) is 1. The van der Waals surface area contributed by atoms with Crippen LogP contribution in [-0.4, -0.2) is 32.7 Å². The van der Waals surface area contributed by atoms with Gasteiger partial charge < -0.3 is 14.5 Å². The zero-order chi connectivity index (χ0) is 28.3. The van der Waals surface area contributed by atoms with Gasteiger partial charge in [-0.25, -0.2) is 14.8 Å². The van der Waals surface area contributed by atoms with Crippen molar-refractivity contribution < 1.29 is 14.3 Å². The largest absolute Gasteiger partial charge is 0.462 e. The minimum Gasteiger partial charge on any atom is -0.462 e. The van der Waals surface area contributed by atoms with E-state index < -0.39 is 0 Å². The highest BCUT2D eigenvalue weighted by Gasteiger charge is 2.16. The molecule has 5 rings (SSSR count). The molecule has 5 aromatic rings. The van der Waals surface area contributed by atoms with Crippen molar-refractivity contribution in [3.8, 4) is 11.3 Å². The number of esters is 1. The Morgan fingerprint density at radius 2 is 1.68 bits per heavy atom. The number of aromatic nitrogens is 3. The Balaban J connectivity index is 1.38. The van der Waals surface area contributed by atoms with Crippen LogP contribution in [0.15, 0.2) is 91.4 Å². The molecule has 0 saturated heterocycles. The molecule has 202 valence electrons. The van der Waals surface area contributed by atoms with Crippen molar-refractivity contribution in [2.45, 2.75) is 39.5 Å². The number of ether oxygens (including phenoxy) is 1. The smallest absolute Gasteiger partial charge is 0.338 e. The molecule has 2 aromatic heterocycles. The van der Waals surface area contributed by atoms with Crippen molar-refractivity contribution in [1.82, 2.24) is 14.4 Å². The van der Waals surface area contributed by atoms with Gasteiger partial charge in [-0.05, 0) is 53.8 Å². The number of carbonyl (C=O) groups excluding carboxylic acids is 2. The van der Waals surface area contributed by atoms with Crippen LogP contribution in [0.3, 0.4) is 0 Å². The maximum atomic E-state index is 13.1. The highest BCUT2D eigenvalue weighted by atomic mass is 16.5. The van der Waals surface area contributed by atoms with E-state index in [0.29, 0.717) is 35.6 Å². The van der Waals surface area contributed by atoms with Gasteiger partial charge in [0, 0.05) is 41.8 Å². The molecule has 0 amide bonds. The molecule has 0 atom stereocenters. The van der Waals surface area contributed by atoms with Crippen LogP contribution < -0.4 is 5.32 Å². The summed E-state index contributed by atoms with van der Waals surface area (Å²) in [5.74, 6) is 0.293. The van der Waals surface area contributed by atoms with E-state index in [0.717, 1.165) is 22.5 Å². The van der Waals surface area contributed by atoms with E-state index in [1.54, 1.807) is 37.4 Å².